The summed E-state index contributed by atoms with van der Waals surface area (Å²) in [6.07, 6.45) is 0. The van der Waals surface area contributed by atoms with E-state index in [1.54, 1.807) is 31.1 Å². The lowest BCUT2D eigenvalue weighted by Gasteiger charge is -2.34. The van der Waals surface area contributed by atoms with Crippen molar-refractivity contribution in [1.82, 2.24) is 14.7 Å². The van der Waals surface area contributed by atoms with E-state index in [9.17, 15) is 19.2 Å². The molecule has 0 aromatic heterocycles. The Balaban J connectivity index is 1.44. The summed E-state index contributed by atoms with van der Waals surface area (Å²) in [5, 5.41) is 0. The predicted molar refractivity (Wildman–Crippen MR) is 135 cm³/mol. The van der Waals surface area contributed by atoms with Crippen molar-refractivity contribution in [2.24, 2.45) is 16.5 Å². The van der Waals surface area contributed by atoms with Crippen LogP contribution in [0.4, 0.5) is 5.69 Å². The van der Waals surface area contributed by atoms with Gasteiger partial charge in [0.15, 0.2) is 12.6 Å². The van der Waals surface area contributed by atoms with E-state index in [0.29, 0.717) is 44.0 Å². The molecule has 1 heterocycles. The number of piperazine rings is 1. The van der Waals surface area contributed by atoms with Crippen LogP contribution in [0.25, 0.3) is 0 Å². The second-order valence-corrected chi connectivity index (χ2v) is 8.52. The molecular weight excluding hydrogens is 480 g/mol. The highest BCUT2D eigenvalue weighted by atomic mass is 16.5. The van der Waals surface area contributed by atoms with Crippen molar-refractivity contribution in [3.8, 4) is 5.75 Å². The van der Waals surface area contributed by atoms with Crippen molar-refractivity contribution in [3.05, 3.63) is 59.7 Å². The average Bonchev–Trinajstić information content (AvgIpc) is 2.88. The van der Waals surface area contributed by atoms with Crippen molar-refractivity contribution in [1.29, 1.82) is 0 Å². The first-order valence-electron chi connectivity index (χ1n) is 11.5. The first kappa shape index (κ1) is 27.1. The number of carbonyl (C=O) groups excluding carboxylic acids is 4. The number of aliphatic imine (C=N–C) groups is 1. The molecule has 2 aromatic rings. The molecule has 1 fully saturated rings. The number of benzene rings is 2. The number of nitrogens with two attached hydrogens (primary N) is 2. The first-order valence-corrected chi connectivity index (χ1v) is 11.5. The largest absolute Gasteiger partial charge is 0.452 e. The molecule has 2 amide bonds. The van der Waals surface area contributed by atoms with Gasteiger partial charge in [0, 0.05) is 40.3 Å². The standard InChI is InChI=1S/C25H30N6O6/c1-29(2)21(32)15-30-11-13-31(14-12-30)22(33)16-36-23(34)17-5-9-20(10-6-17)37-24(35)18-3-7-19(8-4-18)28-25(26)27/h3-10H,11-16H2,1-2H3,(H4,26,27,28). The summed E-state index contributed by atoms with van der Waals surface area (Å²) in [5.41, 5.74) is 11.6. The molecule has 196 valence electrons. The number of amides is 2. The lowest BCUT2D eigenvalue weighted by Crippen LogP contribution is -2.51. The molecule has 4 N–H and O–H groups in total. The number of nitrogens with zero attached hydrogens (tertiary/aromatic N) is 4. The van der Waals surface area contributed by atoms with E-state index in [1.165, 1.54) is 41.3 Å². The van der Waals surface area contributed by atoms with Crippen LogP contribution in [-0.4, -0.2) is 97.8 Å². The van der Waals surface area contributed by atoms with Crippen molar-refractivity contribution >= 4 is 35.4 Å². The Morgan fingerprint density at radius 1 is 0.865 bits per heavy atom. The zero-order chi connectivity index (χ0) is 26.9. The van der Waals surface area contributed by atoms with Crippen LogP contribution in [0, 0.1) is 0 Å². The average molecular weight is 511 g/mol. The van der Waals surface area contributed by atoms with Gasteiger partial charge in [0.05, 0.1) is 23.4 Å². The number of ether oxygens (including phenoxy) is 2. The minimum atomic E-state index is -0.670. The normalized spacial score (nSPS) is 13.4. The van der Waals surface area contributed by atoms with Gasteiger partial charge in [-0.05, 0) is 48.5 Å². The molecule has 1 saturated heterocycles. The lowest BCUT2D eigenvalue weighted by molar-refractivity contribution is -0.137. The molecule has 2 aromatic carbocycles. The molecule has 0 bridgehead atoms. The number of likely N-dealkylation sites (N-methyl/N-ethyl adjacent to an activating group) is 1. The molecule has 0 atom stereocenters. The maximum absolute atomic E-state index is 12.4. The van der Waals surface area contributed by atoms with Gasteiger partial charge in [-0.3, -0.25) is 14.5 Å². The van der Waals surface area contributed by atoms with E-state index in [0.717, 1.165) is 0 Å². The van der Waals surface area contributed by atoms with Crippen molar-refractivity contribution in [3.63, 3.8) is 0 Å². The van der Waals surface area contributed by atoms with E-state index in [4.69, 9.17) is 20.9 Å². The van der Waals surface area contributed by atoms with Crippen LogP contribution in [0.2, 0.25) is 0 Å². The van der Waals surface area contributed by atoms with E-state index >= 15 is 0 Å². The third kappa shape index (κ3) is 8.04. The molecule has 0 spiro atoms. The number of rotatable bonds is 8. The van der Waals surface area contributed by atoms with Crippen LogP contribution in [0.1, 0.15) is 20.7 Å². The molecule has 1 aliphatic heterocycles. The van der Waals surface area contributed by atoms with E-state index < -0.39 is 11.9 Å². The lowest BCUT2D eigenvalue weighted by atomic mass is 10.2. The summed E-state index contributed by atoms with van der Waals surface area (Å²) >= 11 is 0. The molecule has 0 radical (unpaired) electrons. The van der Waals surface area contributed by atoms with Crippen LogP contribution in [0.15, 0.2) is 53.5 Å². The Morgan fingerprint density at radius 3 is 2.00 bits per heavy atom. The minimum Gasteiger partial charge on any atom is -0.452 e. The van der Waals surface area contributed by atoms with Crippen LogP contribution in [-0.2, 0) is 14.3 Å². The summed E-state index contributed by atoms with van der Waals surface area (Å²) in [6, 6.07) is 12.0. The van der Waals surface area contributed by atoms with Gasteiger partial charge in [0.1, 0.15) is 5.75 Å². The predicted octanol–water partition coefficient (Wildman–Crippen LogP) is 0.200. The van der Waals surface area contributed by atoms with Gasteiger partial charge in [0.25, 0.3) is 5.91 Å². The maximum Gasteiger partial charge on any atom is 0.343 e. The van der Waals surface area contributed by atoms with Gasteiger partial charge in [-0.1, -0.05) is 0 Å². The Morgan fingerprint density at radius 2 is 1.43 bits per heavy atom. The third-order valence-corrected chi connectivity index (χ3v) is 5.57. The molecular formula is C25H30N6O6. The van der Waals surface area contributed by atoms with Crippen LogP contribution < -0.4 is 16.2 Å². The van der Waals surface area contributed by atoms with Gasteiger partial charge in [-0.15, -0.1) is 0 Å². The van der Waals surface area contributed by atoms with Gasteiger partial charge in [-0.25, -0.2) is 14.6 Å². The van der Waals surface area contributed by atoms with Crippen LogP contribution in [0.3, 0.4) is 0 Å². The summed E-state index contributed by atoms with van der Waals surface area (Å²) in [4.78, 5) is 57.9. The third-order valence-electron chi connectivity index (χ3n) is 5.57. The molecule has 12 nitrogen and oxygen atoms in total. The second-order valence-electron chi connectivity index (χ2n) is 8.52. The molecule has 3 rings (SSSR count). The van der Waals surface area contributed by atoms with E-state index in [2.05, 4.69) is 4.99 Å². The summed E-state index contributed by atoms with van der Waals surface area (Å²) in [7, 11) is 3.41. The van der Waals surface area contributed by atoms with Gasteiger partial charge in [0.2, 0.25) is 5.91 Å². The van der Waals surface area contributed by atoms with Gasteiger partial charge < -0.3 is 30.7 Å². The minimum absolute atomic E-state index is 0.00710. The van der Waals surface area contributed by atoms with Crippen molar-refractivity contribution in [2.75, 3.05) is 53.4 Å². The topological polar surface area (TPSA) is 161 Å². The second kappa shape index (κ2) is 12.5. The maximum atomic E-state index is 12.4. The van der Waals surface area contributed by atoms with Crippen molar-refractivity contribution < 1.29 is 28.7 Å². The van der Waals surface area contributed by atoms with Gasteiger partial charge in [-0.2, -0.15) is 0 Å². The Kier molecular flexibility index (Phi) is 9.16. The highest BCUT2D eigenvalue weighted by Crippen LogP contribution is 2.17. The fraction of sp³-hybridized carbons (Fsp3) is 0.320. The Hall–Kier alpha value is -4.45. The van der Waals surface area contributed by atoms with Gasteiger partial charge >= 0.3 is 11.9 Å². The summed E-state index contributed by atoms with van der Waals surface area (Å²) in [5.74, 6) is -1.42. The van der Waals surface area contributed by atoms with E-state index in [1.807, 2.05) is 4.90 Å². The molecule has 0 aliphatic carbocycles. The quantitative estimate of drug-likeness (QED) is 0.219. The Labute approximate surface area is 214 Å². The number of esters is 2. The number of hydrogen-bond acceptors (Lipinski definition) is 8. The number of hydrogen-bond donors (Lipinski definition) is 2. The summed E-state index contributed by atoms with van der Waals surface area (Å²) < 4.78 is 10.5. The highest BCUT2D eigenvalue weighted by molar-refractivity contribution is 5.93. The first-order chi connectivity index (χ1) is 17.6. The zero-order valence-electron chi connectivity index (χ0n) is 20.8. The molecule has 1 aliphatic rings. The zero-order valence-corrected chi connectivity index (χ0v) is 20.8. The summed E-state index contributed by atoms with van der Waals surface area (Å²) in [6.45, 7) is 1.96. The van der Waals surface area contributed by atoms with E-state index in [-0.39, 0.29) is 35.7 Å². The SMILES string of the molecule is CN(C)C(=O)CN1CCN(C(=O)COC(=O)c2ccc(OC(=O)c3ccc(N=C(N)N)cc3)cc2)CC1. The highest BCUT2D eigenvalue weighted by Gasteiger charge is 2.24. The van der Waals surface area contributed by atoms with Crippen LogP contribution in [0.5, 0.6) is 5.75 Å². The molecule has 0 unspecified atom stereocenters. The molecule has 12 heteroatoms. The number of guanidine groups is 1. The number of carbonyl (C=O) groups is 4. The fourth-order valence-electron chi connectivity index (χ4n) is 3.44. The fourth-order valence-corrected chi connectivity index (χ4v) is 3.44. The molecule has 37 heavy (non-hydrogen) atoms. The van der Waals surface area contributed by atoms with Crippen molar-refractivity contribution in [2.45, 2.75) is 0 Å². The van der Waals surface area contributed by atoms with Crippen LogP contribution >= 0.6 is 0 Å². The molecule has 0 saturated carbocycles. The Bertz CT molecular complexity index is 1150. The smallest absolute Gasteiger partial charge is 0.343 e. The monoisotopic (exact) mass is 510 g/mol.